The molecule has 0 saturated heterocycles. The van der Waals surface area contributed by atoms with Gasteiger partial charge in [0.05, 0.1) is 23.3 Å². The fourth-order valence-corrected chi connectivity index (χ4v) is 7.97. The maximum absolute atomic E-state index is 13.1. The molecule has 0 radical (unpaired) electrons. The first-order valence-electron chi connectivity index (χ1n) is 8.37. The van der Waals surface area contributed by atoms with Crippen LogP contribution in [0, 0.1) is 18.8 Å². The van der Waals surface area contributed by atoms with E-state index < -0.39 is 18.9 Å². The number of rotatable bonds is 7. The Balaban J connectivity index is 2.17. The first-order valence-corrected chi connectivity index (χ1v) is 13.3. The number of carbonyl (C=O) groups is 1. The number of benzene rings is 1. The topological polar surface area (TPSA) is 43.4 Å². The minimum absolute atomic E-state index is 0.0503. The van der Waals surface area contributed by atoms with Crippen molar-refractivity contribution in [2.45, 2.75) is 56.1 Å². The Morgan fingerprint density at radius 2 is 1.91 bits per heavy atom. The lowest BCUT2D eigenvalue weighted by Crippen LogP contribution is -2.32. The summed E-state index contributed by atoms with van der Waals surface area (Å²) in [7, 11) is -2.44. The molecule has 4 unspecified atom stereocenters. The Kier molecular flexibility index (Phi) is 5.84. The highest BCUT2D eigenvalue weighted by molar-refractivity contribution is 7.85. The second-order valence-corrected chi connectivity index (χ2v) is 14.9. The lowest BCUT2D eigenvalue weighted by Gasteiger charge is -2.24. The van der Waals surface area contributed by atoms with E-state index in [2.05, 4.69) is 19.6 Å². The minimum Gasteiger partial charge on any atom is -0.466 e. The van der Waals surface area contributed by atoms with Crippen LogP contribution in [0.1, 0.15) is 18.9 Å². The van der Waals surface area contributed by atoms with Crippen LogP contribution < -0.4 is 0 Å². The van der Waals surface area contributed by atoms with Crippen molar-refractivity contribution in [3.05, 3.63) is 29.8 Å². The van der Waals surface area contributed by atoms with Gasteiger partial charge in [0.1, 0.15) is 0 Å². The molecular weight excluding hydrogens is 324 g/mol. The fraction of sp³-hybridized carbons (Fsp3) is 0.611. The van der Waals surface area contributed by atoms with Gasteiger partial charge < -0.3 is 4.74 Å². The molecule has 0 aromatic heterocycles. The van der Waals surface area contributed by atoms with Crippen molar-refractivity contribution >= 4 is 24.8 Å². The number of carbonyl (C=O) groups excluding carboxylic acids is 1. The summed E-state index contributed by atoms with van der Waals surface area (Å²) in [5.41, 5.74) is 1.17. The van der Waals surface area contributed by atoms with E-state index in [0.717, 1.165) is 17.4 Å². The van der Waals surface area contributed by atoms with Gasteiger partial charge in [-0.1, -0.05) is 37.3 Å². The van der Waals surface area contributed by atoms with Crippen LogP contribution in [-0.2, 0) is 20.3 Å². The first-order chi connectivity index (χ1) is 10.7. The van der Waals surface area contributed by atoms with Gasteiger partial charge in [0.15, 0.2) is 0 Å². The van der Waals surface area contributed by atoms with Gasteiger partial charge in [-0.05, 0) is 44.4 Å². The van der Waals surface area contributed by atoms with Crippen molar-refractivity contribution in [1.29, 1.82) is 0 Å². The van der Waals surface area contributed by atoms with Crippen molar-refractivity contribution in [2.24, 2.45) is 11.8 Å². The molecule has 0 bridgehead atoms. The molecule has 0 heterocycles. The van der Waals surface area contributed by atoms with Crippen molar-refractivity contribution in [1.82, 2.24) is 0 Å². The van der Waals surface area contributed by atoms with E-state index in [0.29, 0.717) is 6.61 Å². The lowest BCUT2D eigenvalue weighted by molar-refractivity contribution is -0.145. The molecule has 0 amide bonds. The number of hydrogen-bond donors (Lipinski definition) is 0. The summed E-state index contributed by atoms with van der Waals surface area (Å²) in [5, 5.41) is 0.0683. The standard InChI is InChI=1S/C18H28O3SSi/c1-6-21-18(19)16-11-15(16)17(12-23(3,4)5)22(20)14-9-7-13(2)8-10-14/h7-10,15-17H,6,11-12H2,1-5H3. The van der Waals surface area contributed by atoms with Crippen LogP contribution >= 0.6 is 0 Å². The summed E-state index contributed by atoms with van der Waals surface area (Å²) in [6, 6.07) is 8.92. The summed E-state index contributed by atoms with van der Waals surface area (Å²) >= 11 is 0. The smallest absolute Gasteiger partial charge is 0.309 e. The highest BCUT2D eigenvalue weighted by Crippen LogP contribution is 2.47. The Labute approximate surface area is 143 Å². The van der Waals surface area contributed by atoms with E-state index in [1.54, 1.807) is 0 Å². The molecule has 4 atom stereocenters. The van der Waals surface area contributed by atoms with Crippen molar-refractivity contribution in [3.63, 3.8) is 0 Å². The van der Waals surface area contributed by atoms with E-state index in [1.807, 2.05) is 38.1 Å². The molecule has 128 valence electrons. The van der Waals surface area contributed by atoms with Gasteiger partial charge in [-0.2, -0.15) is 0 Å². The lowest BCUT2D eigenvalue weighted by atomic mass is 10.2. The van der Waals surface area contributed by atoms with E-state index >= 15 is 0 Å². The first kappa shape index (κ1) is 18.4. The number of aryl methyl sites for hydroxylation is 1. The predicted molar refractivity (Wildman–Crippen MR) is 97.8 cm³/mol. The fourth-order valence-electron chi connectivity index (χ4n) is 2.98. The van der Waals surface area contributed by atoms with Crippen LogP contribution in [0.4, 0.5) is 0 Å². The Morgan fingerprint density at radius 1 is 1.30 bits per heavy atom. The molecule has 1 saturated carbocycles. The van der Waals surface area contributed by atoms with Gasteiger partial charge in [-0.15, -0.1) is 0 Å². The second kappa shape index (κ2) is 7.30. The molecule has 1 aromatic carbocycles. The number of ether oxygens (including phenoxy) is 1. The van der Waals surface area contributed by atoms with Crippen LogP contribution in [-0.4, -0.2) is 30.1 Å². The van der Waals surface area contributed by atoms with Crippen LogP contribution in [0.2, 0.25) is 25.7 Å². The molecule has 0 spiro atoms. The monoisotopic (exact) mass is 352 g/mol. The van der Waals surface area contributed by atoms with Crippen LogP contribution in [0.3, 0.4) is 0 Å². The van der Waals surface area contributed by atoms with Gasteiger partial charge in [0, 0.05) is 18.2 Å². The van der Waals surface area contributed by atoms with Crippen molar-refractivity contribution in [3.8, 4) is 0 Å². The van der Waals surface area contributed by atoms with E-state index in [4.69, 9.17) is 4.74 Å². The predicted octanol–water partition coefficient (Wildman–Crippen LogP) is 4.01. The van der Waals surface area contributed by atoms with E-state index in [1.165, 1.54) is 5.56 Å². The van der Waals surface area contributed by atoms with E-state index in [-0.39, 0.29) is 23.1 Å². The Bertz CT molecular complexity index is 577. The van der Waals surface area contributed by atoms with Gasteiger partial charge in [0.2, 0.25) is 0 Å². The number of esters is 1. The zero-order chi connectivity index (χ0) is 17.2. The maximum Gasteiger partial charge on any atom is 0.309 e. The molecule has 0 N–H and O–H groups in total. The summed E-state index contributed by atoms with van der Waals surface area (Å²) in [5.74, 6) is 0.0487. The maximum atomic E-state index is 13.1. The molecule has 1 fully saturated rings. The molecule has 1 aliphatic rings. The summed E-state index contributed by atoms with van der Waals surface area (Å²) in [4.78, 5) is 12.9. The zero-order valence-electron chi connectivity index (χ0n) is 14.8. The normalized spacial score (nSPS) is 23.2. The molecule has 1 aromatic rings. The third-order valence-corrected chi connectivity index (χ3v) is 8.01. The van der Waals surface area contributed by atoms with Gasteiger partial charge >= 0.3 is 5.97 Å². The minimum atomic E-state index is -1.38. The highest BCUT2D eigenvalue weighted by Gasteiger charge is 2.51. The quantitative estimate of drug-likeness (QED) is 0.550. The van der Waals surface area contributed by atoms with Crippen LogP contribution in [0.15, 0.2) is 29.2 Å². The van der Waals surface area contributed by atoms with Crippen molar-refractivity contribution < 1.29 is 13.7 Å². The van der Waals surface area contributed by atoms with Crippen LogP contribution in [0.5, 0.6) is 0 Å². The second-order valence-electron chi connectivity index (χ2n) is 7.67. The summed E-state index contributed by atoms with van der Waals surface area (Å²) < 4.78 is 18.3. The Morgan fingerprint density at radius 3 is 2.43 bits per heavy atom. The average Bonchev–Trinajstić information content (AvgIpc) is 3.24. The molecule has 23 heavy (non-hydrogen) atoms. The zero-order valence-corrected chi connectivity index (χ0v) is 16.6. The van der Waals surface area contributed by atoms with E-state index in [9.17, 15) is 9.00 Å². The van der Waals surface area contributed by atoms with Gasteiger partial charge in [-0.25, -0.2) is 0 Å². The number of hydrogen-bond acceptors (Lipinski definition) is 3. The molecule has 3 nitrogen and oxygen atoms in total. The van der Waals surface area contributed by atoms with Crippen molar-refractivity contribution in [2.75, 3.05) is 6.61 Å². The summed E-state index contributed by atoms with van der Waals surface area (Å²) in [6.45, 7) is 11.2. The highest BCUT2D eigenvalue weighted by atomic mass is 32.2. The molecule has 2 rings (SSSR count). The third kappa shape index (κ3) is 5.01. The average molecular weight is 353 g/mol. The molecule has 5 heteroatoms. The largest absolute Gasteiger partial charge is 0.466 e. The summed E-state index contributed by atoms with van der Waals surface area (Å²) in [6.07, 6.45) is 0.825. The molecule has 0 aliphatic heterocycles. The molecular formula is C18H28O3SSi. The van der Waals surface area contributed by atoms with Crippen LogP contribution in [0.25, 0.3) is 0 Å². The Hall–Kier alpha value is -0.943. The third-order valence-electron chi connectivity index (χ3n) is 4.25. The van der Waals surface area contributed by atoms with Gasteiger partial charge in [-0.3, -0.25) is 9.00 Å². The SMILES string of the molecule is CCOC(=O)C1CC1C(C[Si](C)(C)C)S(=O)c1ccc(C)cc1. The van der Waals surface area contributed by atoms with Gasteiger partial charge in [0.25, 0.3) is 0 Å². The molecule has 1 aliphatic carbocycles.